The lowest BCUT2D eigenvalue weighted by Crippen LogP contribution is -2.02. The molecule has 0 atom stereocenters. The Morgan fingerprint density at radius 2 is 2.10 bits per heavy atom. The molecule has 3 aromatic rings. The fraction of sp³-hybridized carbons (Fsp3) is 0.133. The normalized spacial score (nSPS) is 10.8. The number of hydrogen-bond donors (Lipinski definition) is 1. The van der Waals surface area contributed by atoms with Crippen molar-refractivity contribution in [3.05, 3.63) is 47.9 Å². The Morgan fingerprint density at radius 1 is 1.29 bits per heavy atom. The van der Waals surface area contributed by atoms with Crippen molar-refractivity contribution in [2.45, 2.75) is 6.92 Å². The molecule has 0 amide bonds. The lowest BCUT2D eigenvalue weighted by atomic mass is 10.1. The molecule has 6 nitrogen and oxygen atoms in total. The van der Waals surface area contributed by atoms with E-state index in [1.165, 1.54) is 6.07 Å². The number of aromatic nitrogens is 3. The first-order valence-electron chi connectivity index (χ1n) is 6.34. The summed E-state index contributed by atoms with van der Waals surface area (Å²) >= 11 is 0. The molecule has 2 aromatic heterocycles. The molecule has 6 heteroatoms. The van der Waals surface area contributed by atoms with E-state index in [1.807, 2.05) is 17.7 Å². The van der Waals surface area contributed by atoms with Crippen molar-refractivity contribution in [2.24, 2.45) is 7.05 Å². The number of ether oxygens (including phenoxy) is 1. The Morgan fingerprint density at radius 3 is 2.86 bits per heavy atom. The highest BCUT2D eigenvalue weighted by Crippen LogP contribution is 2.31. The van der Waals surface area contributed by atoms with Gasteiger partial charge in [0.05, 0.1) is 11.8 Å². The number of pyridine rings is 1. The highest BCUT2D eigenvalue weighted by atomic mass is 16.5. The van der Waals surface area contributed by atoms with Gasteiger partial charge in [0, 0.05) is 13.2 Å². The molecule has 0 saturated heterocycles. The van der Waals surface area contributed by atoms with Crippen LogP contribution in [0, 0.1) is 6.92 Å². The molecule has 21 heavy (non-hydrogen) atoms. The van der Waals surface area contributed by atoms with Crippen LogP contribution in [0.5, 0.6) is 11.6 Å². The predicted octanol–water partition coefficient (Wildman–Crippen LogP) is 2.77. The van der Waals surface area contributed by atoms with Crippen molar-refractivity contribution in [1.29, 1.82) is 0 Å². The Balaban J connectivity index is 2.13. The van der Waals surface area contributed by atoms with Crippen LogP contribution in [0.15, 0.2) is 36.8 Å². The van der Waals surface area contributed by atoms with Crippen LogP contribution in [0.4, 0.5) is 0 Å². The molecule has 106 valence electrons. The summed E-state index contributed by atoms with van der Waals surface area (Å²) in [6.45, 7) is 1.79. The van der Waals surface area contributed by atoms with Crippen molar-refractivity contribution in [3.8, 4) is 11.6 Å². The van der Waals surface area contributed by atoms with E-state index in [9.17, 15) is 9.90 Å². The van der Waals surface area contributed by atoms with Gasteiger partial charge >= 0.3 is 5.97 Å². The Kier molecular flexibility index (Phi) is 3.06. The maximum absolute atomic E-state index is 11.3. The maximum atomic E-state index is 11.3. The zero-order valence-electron chi connectivity index (χ0n) is 11.6. The second-order valence-corrected chi connectivity index (χ2v) is 4.70. The number of hydrogen-bond acceptors (Lipinski definition) is 4. The molecule has 0 unspecified atom stereocenters. The number of aromatic carboxylic acids is 1. The Labute approximate surface area is 120 Å². The number of carbonyl (C=O) groups is 1. The lowest BCUT2D eigenvalue weighted by molar-refractivity contribution is 0.0694. The monoisotopic (exact) mass is 283 g/mol. The van der Waals surface area contributed by atoms with Gasteiger partial charge in [0.2, 0.25) is 5.88 Å². The van der Waals surface area contributed by atoms with E-state index in [2.05, 4.69) is 9.97 Å². The third-order valence-electron chi connectivity index (χ3n) is 3.25. The first-order valence-corrected chi connectivity index (χ1v) is 6.34. The quantitative estimate of drug-likeness (QED) is 0.799. The average molecular weight is 283 g/mol. The molecule has 0 aliphatic carbocycles. The van der Waals surface area contributed by atoms with Crippen LogP contribution < -0.4 is 4.74 Å². The van der Waals surface area contributed by atoms with Gasteiger partial charge in [-0.2, -0.15) is 0 Å². The number of carboxylic acids is 1. The SMILES string of the molecule is Cc1cccc(C(=O)O)c1Oc1nccc2c1ncn2C. The largest absolute Gasteiger partial charge is 0.478 e. The predicted molar refractivity (Wildman–Crippen MR) is 76.7 cm³/mol. The van der Waals surface area contributed by atoms with Gasteiger partial charge < -0.3 is 14.4 Å². The number of fused-ring (bicyclic) bond motifs is 1. The van der Waals surface area contributed by atoms with Gasteiger partial charge in [-0.15, -0.1) is 0 Å². The van der Waals surface area contributed by atoms with Crippen LogP contribution in [0.1, 0.15) is 15.9 Å². The summed E-state index contributed by atoms with van der Waals surface area (Å²) in [7, 11) is 1.87. The van der Waals surface area contributed by atoms with Crippen LogP contribution in [0.25, 0.3) is 11.0 Å². The molecular formula is C15H13N3O3. The first-order chi connectivity index (χ1) is 10.1. The summed E-state index contributed by atoms with van der Waals surface area (Å²) < 4.78 is 7.61. The number of rotatable bonds is 3. The minimum absolute atomic E-state index is 0.102. The molecule has 0 aliphatic rings. The summed E-state index contributed by atoms with van der Waals surface area (Å²) in [6, 6.07) is 6.80. The first kappa shape index (κ1) is 13.1. The second kappa shape index (κ2) is 4.90. The van der Waals surface area contributed by atoms with Gasteiger partial charge in [-0.25, -0.2) is 14.8 Å². The topological polar surface area (TPSA) is 77.2 Å². The Hall–Kier alpha value is -2.89. The fourth-order valence-corrected chi connectivity index (χ4v) is 2.17. The highest BCUT2D eigenvalue weighted by Gasteiger charge is 2.17. The number of benzene rings is 1. The summed E-state index contributed by atoms with van der Waals surface area (Å²) in [4.78, 5) is 19.7. The third-order valence-corrected chi connectivity index (χ3v) is 3.25. The van der Waals surface area contributed by atoms with E-state index < -0.39 is 5.97 Å². The van der Waals surface area contributed by atoms with Crippen LogP contribution in [-0.4, -0.2) is 25.6 Å². The number of aryl methyl sites for hydroxylation is 2. The van der Waals surface area contributed by atoms with Crippen molar-refractivity contribution < 1.29 is 14.6 Å². The number of nitrogens with zero attached hydrogens (tertiary/aromatic N) is 3. The third kappa shape index (κ3) is 2.20. The number of para-hydroxylation sites is 1. The molecular weight excluding hydrogens is 270 g/mol. The second-order valence-electron chi connectivity index (χ2n) is 4.70. The van der Waals surface area contributed by atoms with Gasteiger partial charge in [-0.3, -0.25) is 0 Å². The number of carboxylic acid groups (broad SMARTS) is 1. The van der Waals surface area contributed by atoms with Crippen LogP contribution in [0.3, 0.4) is 0 Å². The zero-order valence-corrected chi connectivity index (χ0v) is 11.6. The molecule has 0 spiro atoms. The standard InChI is InChI=1S/C15H13N3O3/c1-9-4-3-5-10(15(19)20)13(9)21-14-12-11(6-7-16-14)18(2)8-17-12/h3-8H,1-2H3,(H,19,20). The smallest absolute Gasteiger partial charge is 0.339 e. The minimum Gasteiger partial charge on any atom is -0.478 e. The van der Waals surface area contributed by atoms with E-state index in [0.717, 1.165) is 11.1 Å². The minimum atomic E-state index is -1.04. The summed E-state index contributed by atoms with van der Waals surface area (Å²) in [5, 5.41) is 9.27. The van der Waals surface area contributed by atoms with E-state index in [-0.39, 0.29) is 11.3 Å². The lowest BCUT2D eigenvalue weighted by Gasteiger charge is -2.11. The van der Waals surface area contributed by atoms with Gasteiger partial charge in [-0.05, 0) is 24.6 Å². The average Bonchev–Trinajstić information content (AvgIpc) is 2.84. The van der Waals surface area contributed by atoms with E-state index in [4.69, 9.17) is 4.74 Å². The fourth-order valence-electron chi connectivity index (χ4n) is 2.17. The van der Waals surface area contributed by atoms with Gasteiger partial charge in [0.25, 0.3) is 0 Å². The van der Waals surface area contributed by atoms with Crippen molar-refractivity contribution in [2.75, 3.05) is 0 Å². The maximum Gasteiger partial charge on any atom is 0.339 e. The molecule has 0 bridgehead atoms. The van der Waals surface area contributed by atoms with E-state index >= 15 is 0 Å². The Bertz CT molecular complexity index is 839. The van der Waals surface area contributed by atoms with Gasteiger partial charge in [0.15, 0.2) is 5.52 Å². The van der Waals surface area contributed by atoms with Crippen LogP contribution in [-0.2, 0) is 7.05 Å². The van der Waals surface area contributed by atoms with Gasteiger partial charge in [-0.1, -0.05) is 12.1 Å². The van der Waals surface area contributed by atoms with Crippen molar-refractivity contribution in [3.63, 3.8) is 0 Å². The molecule has 0 aliphatic heterocycles. The highest BCUT2D eigenvalue weighted by molar-refractivity contribution is 5.91. The summed E-state index contributed by atoms with van der Waals surface area (Å²) in [5.41, 5.74) is 2.29. The van der Waals surface area contributed by atoms with Crippen LogP contribution >= 0.6 is 0 Å². The van der Waals surface area contributed by atoms with Crippen molar-refractivity contribution in [1.82, 2.24) is 14.5 Å². The molecule has 0 fully saturated rings. The molecule has 3 rings (SSSR count). The van der Waals surface area contributed by atoms with Crippen molar-refractivity contribution >= 4 is 17.0 Å². The summed E-state index contributed by atoms with van der Waals surface area (Å²) in [6.07, 6.45) is 3.27. The molecule has 0 saturated carbocycles. The summed E-state index contributed by atoms with van der Waals surface area (Å²) in [5.74, 6) is -0.456. The molecule has 1 N–H and O–H groups in total. The van der Waals surface area contributed by atoms with E-state index in [1.54, 1.807) is 31.6 Å². The van der Waals surface area contributed by atoms with E-state index in [0.29, 0.717) is 11.4 Å². The van der Waals surface area contributed by atoms with Crippen LogP contribution in [0.2, 0.25) is 0 Å². The van der Waals surface area contributed by atoms with Gasteiger partial charge in [0.1, 0.15) is 11.3 Å². The molecule has 0 radical (unpaired) electrons. The molecule has 1 aromatic carbocycles. The zero-order chi connectivity index (χ0) is 15.0. The number of imidazole rings is 1. The molecule has 2 heterocycles.